The van der Waals surface area contributed by atoms with Crippen molar-refractivity contribution >= 4 is 0 Å². The molecule has 1 unspecified atom stereocenters. The lowest BCUT2D eigenvalue weighted by Gasteiger charge is -2.14. The topological polar surface area (TPSA) is 23.5 Å². The summed E-state index contributed by atoms with van der Waals surface area (Å²) in [6.45, 7) is 13.3. The van der Waals surface area contributed by atoms with Gasteiger partial charge in [0.25, 0.3) is 0 Å². The standard InChI is InChI=1S/C10H23NO.2C2H6/c1-4-7-10(5-2)8-6-9-11(3)12;2*1-2/h10,12H,4-9H2,1-3H3;2*1-2H3. The van der Waals surface area contributed by atoms with E-state index in [2.05, 4.69) is 13.8 Å². The average Bonchev–Trinajstić information content (AvgIpc) is 2.33. The van der Waals surface area contributed by atoms with Crippen molar-refractivity contribution in [3.05, 3.63) is 0 Å². The molecule has 0 saturated carbocycles. The fourth-order valence-electron chi connectivity index (χ4n) is 1.57. The van der Waals surface area contributed by atoms with E-state index in [9.17, 15) is 0 Å². The quantitative estimate of drug-likeness (QED) is 0.628. The van der Waals surface area contributed by atoms with Gasteiger partial charge in [0.05, 0.1) is 0 Å². The van der Waals surface area contributed by atoms with Crippen LogP contribution >= 0.6 is 0 Å². The lowest BCUT2D eigenvalue weighted by Crippen LogP contribution is -2.15. The Labute approximate surface area is 104 Å². The highest BCUT2D eigenvalue weighted by Crippen LogP contribution is 2.16. The Morgan fingerprint density at radius 1 is 1.00 bits per heavy atom. The molecule has 0 aromatic rings. The van der Waals surface area contributed by atoms with Gasteiger partial charge in [-0.2, -0.15) is 5.06 Å². The van der Waals surface area contributed by atoms with Crippen LogP contribution in [0.5, 0.6) is 0 Å². The van der Waals surface area contributed by atoms with Crippen LogP contribution in [-0.2, 0) is 0 Å². The fourth-order valence-corrected chi connectivity index (χ4v) is 1.57. The monoisotopic (exact) mass is 233 g/mol. The second kappa shape index (κ2) is 20.3. The summed E-state index contributed by atoms with van der Waals surface area (Å²) < 4.78 is 0. The maximum absolute atomic E-state index is 8.90. The van der Waals surface area contributed by atoms with Gasteiger partial charge in [-0.05, 0) is 18.8 Å². The zero-order valence-electron chi connectivity index (χ0n) is 12.7. The van der Waals surface area contributed by atoms with Crippen molar-refractivity contribution in [3.8, 4) is 0 Å². The van der Waals surface area contributed by atoms with Crippen molar-refractivity contribution in [2.75, 3.05) is 13.6 Å². The molecular weight excluding hydrogens is 198 g/mol. The van der Waals surface area contributed by atoms with Crippen LogP contribution < -0.4 is 0 Å². The van der Waals surface area contributed by atoms with E-state index in [4.69, 9.17) is 5.21 Å². The van der Waals surface area contributed by atoms with Crippen LogP contribution in [-0.4, -0.2) is 23.9 Å². The first-order chi connectivity index (χ1) is 7.70. The van der Waals surface area contributed by atoms with E-state index >= 15 is 0 Å². The van der Waals surface area contributed by atoms with Gasteiger partial charge in [0.2, 0.25) is 0 Å². The van der Waals surface area contributed by atoms with Crippen LogP contribution in [0.25, 0.3) is 0 Å². The molecule has 0 aliphatic carbocycles. The Morgan fingerprint density at radius 3 is 1.81 bits per heavy atom. The molecule has 0 fully saturated rings. The Kier molecular flexibility index (Phi) is 27.0. The van der Waals surface area contributed by atoms with Crippen molar-refractivity contribution < 1.29 is 5.21 Å². The highest BCUT2D eigenvalue weighted by atomic mass is 16.5. The van der Waals surface area contributed by atoms with Crippen molar-refractivity contribution in [2.24, 2.45) is 5.92 Å². The van der Waals surface area contributed by atoms with E-state index in [1.165, 1.54) is 30.7 Å². The smallest absolute Gasteiger partial charge is 0.0235 e. The summed E-state index contributed by atoms with van der Waals surface area (Å²) in [7, 11) is 1.71. The van der Waals surface area contributed by atoms with E-state index in [-0.39, 0.29) is 0 Å². The number of nitrogens with zero attached hydrogens (tertiary/aromatic N) is 1. The first-order valence-corrected chi connectivity index (χ1v) is 7.10. The van der Waals surface area contributed by atoms with Crippen LogP contribution in [0.4, 0.5) is 0 Å². The van der Waals surface area contributed by atoms with Crippen molar-refractivity contribution in [2.45, 2.75) is 73.6 Å². The largest absolute Gasteiger partial charge is 0.314 e. The molecule has 0 spiro atoms. The maximum Gasteiger partial charge on any atom is 0.0235 e. The van der Waals surface area contributed by atoms with E-state index in [0.717, 1.165) is 18.9 Å². The first kappa shape index (κ1) is 21.2. The van der Waals surface area contributed by atoms with Gasteiger partial charge in [-0.3, -0.25) is 0 Å². The van der Waals surface area contributed by atoms with Gasteiger partial charge in [-0.1, -0.05) is 60.8 Å². The summed E-state index contributed by atoms with van der Waals surface area (Å²) in [4.78, 5) is 0. The van der Waals surface area contributed by atoms with E-state index in [0.29, 0.717) is 0 Å². The number of rotatable bonds is 7. The summed E-state index contributed by atoms with van der Waals surface area (Å²) in [5.74, 6) is 0.870. The van der Waals surface area contributed by atoms with Crippen molar-refractivity contribution in [1.29, 1.82) is 0 Å². The molecule has 0 radical (unpaired) electrons. The second-order valence-corrected chi connectivity index (χ2v) is 3.59. The Bertz CT molecular complexity index is 94.7. The molecular formula is C14H35NO. The third kappa shape index (κ3) is 19.5. The number of hydrogen-bond donors (Lipinski definition) is 1. The zero-order valence-corrected chi connectivity index (χ0v) is 12.7. The maximum atomic E-state index is 8.90. The number of hydroxylamine groups is 2. The third-order valence-corrected chi connectivity index (χ3v) is 2.37. The van der Waals surface area contributed by atoms with Crippen LogP contribution in [0.3, 0.4) is 0 Å². The lowest BCUT2D eigenvalue weighted by atomic mass is 9.95. The van der Waals surface area contributed by atoms with E-state index in [1.807, 2.05) is 27.7 Å². The molecule has 0 aromatic heterocycles. The molecule has 0 rings (SSSR count). The van der Waals surface area contributed by atoms with Gasteiger partial charge in [0, 0.05) is 13.6 Å². The van der Waals surface area contributed by atoms with Gasteiger partial charge in [-0.25, -0.2) is 0 Å². The molecule has 1 N–H and O–H groups in total. The van der Waals surface area contributed by atoms with Gasteiger partial charge in [0.15, 0.2) is 0 Å². The highest BCUT2D eigenvalue weighted by Gasteiger charge is 2.04. The van der Waals surface area contributed by atoms with Crippen LogP contribution in [0.15, 0.2) is 0 Å². The second-order valence-electron chi connectivity index (χ2n) is 3.59. The molecule has 0 amide bonds. The summed E-state index contributed by atoms with van der Waals surface area (Å²) in [5, 5.41) is 10.2. The Hall–Kier alpha value is -0.0800. The average molecular weight is 233 g/mol. The van der Waals surface area contributed by atoms with Crippen LogP contribution in [0, 0.1) is 5.92 Å². The van der Waals surface area contributed by atoms with Crippen LogP contribution in [0.1, 0.15) is 73.6 Å². The molecule has 1 atom stereocenters. The Morgan fingerprint density at radius 2 is 1.50 bits per heavy atom. The molecule has 16 heavy (non-hydrogen) atoms. The number of hydrogen-bond acceptors (Lipinski definition) is 2. The fraction of sp³-hybridized carbons (Fsp3) is 1.00. The molecule has 0 heterocycles. The summed E-state index contributed by atoms with van der Waals surface area (Å²) in [6, 6.07) is 0. The van der Waals surface area contributed by atoms with E-state index < -0.39 is 0 Å². The molecule has 0 bridgehead atoms. The van der Waals surface area contributed by atoms with Crippen molar-refractivity contribution in [3.63, 3.8) is 0 Å². The Balaban J connectivity index is -0.000000376. The predicted molar refractivity (Wildman–Crippen MR) is 75.0 cm³/mol. The van der Waals surface area contributed by atoms with Gasteiger partial charge in [0.1, 0.15) is 0 Å². The molecule has 102 valence electrons. The van der Waals surface area contributed by atoms with Crippen LogP contribution in [0.2, 0.25) is 0 Å². The summed E-state index contributed by atoms with van der Waals surface area (Å²) in [6.07, 6.45) is 6.28. The minimum absolute atomic E-state index is 0.806. The van der Waals surface area contributed by atoms with Gasteiger partial charge in [-0.15, -0.1) is 0 Å². The molecule has 0 aliphatic heterocycles. The molecule has 2 nitrogen and oxygen atoms in total. The first-order valence-electron chi connectivity index (χ1n) is 7.10. The summed E-state index contributed by atoms with van der Waals surface area (Å²) >= 11 is 0. The lowest BCUT2D eigenvalue weighted by molar-refractivity contribution is -0.0662. The predicted octanol–water partition coefficient (Wildman–Crippen LogP) is 4.97. The van der Waals surface area contributed by atoms with Gasteiger partial charge < -0.3 is 5.21 Å². The van der Waals surface area contributed by atoms with Gasteiger partial charge >= 0.3 is 0 Å². The third-order valence-electron chi connectivity index (χ3n) is 2.37. The van der Waals surface area contributed by atoms with E-state index in [1.54, 1.807) is 7.05 Å². The zero-order chi connectivity index (χ0) is 13.4. The highest BCUT2D eigenvalue weighted by molar-refractivity contribution is 4.57. The van der Waals surface area contributed by atoms with Crippen molar-refractivity contribution in [1.82, 2.24) is 5.06 Å². The molecule has 0 aliphatic rings. The minimum atomic E-state index is 0.806. The normalized spacial score (nSPS) is 11.1. The summed E-state index contributed by atoms with van der Waals surface area (Å²) in [5.41, 5.74) is 0. The molecule has 0 aromatic carbocycles. The molecule has 0 saturated heterocycles. The SMILES string of the molecule is CC.CC.CCCC(CC)CCCN(C)O. The minimum Gasteiger partial charge on any atom is -0.314 e. The molecule has 2 heteroatoms.